The number of guanidine groups is 1. The van der Waals surface area contributed by atoms with Crippen molar-refractivity contribution < 1.29 is 0 Å². The van der Waals surface area contributed by atoms with Gasteiger partial charge in [0.15, 0.2) is 5.96 Å². The Labute approximate surface area is 163 Å². The van der Waals surface area contributed by atoms with Crippen molar-refractivity contribution in [2.75, 3.05) is 32.7 Å². The predicted molar refractivity (Wildman–Crippen MR) is 111 cm³/mol. The molecule has 0 aromatic carbocycles. The molecule has 0 radical (unpaired) electrons. The molecule has 0 unspecified atom stereocenters. The largest absolute Gasteiger partial charge is 0.357 e. The zero-order valence-electron chi connectivity index (χ0n) is 13.1. The average Bonchev–Trinajstić information content (AvgIpc) is 2.91. The number of nitrogens with zero attached hydrogens (tertiary/aromatic N) is 2. The molecule has 1 aromatic rings. The van der Waals surface area contributed by atoms with E-state index in [0.29, 0.717) is 0 Å². The normalized spacial score (nSPS) is 16.2. The zero-order chi connectivity index (χ0) is 14.9. The van der Waals surface area contributed by atoms with Crippen LogP contribution < -0.4 is 10.6 Å². The lowest BCUT2D eigenvalue weighted by atomic mass is 10.1. The van der Waals surface area contributed by atoms with E-state index in [0.717, 1.165) is 36.6 Å². The molecule has 0 amide bonds. The van der Waals surface area contributed by atoms with Gasteiger partial charge in [0.25, 0.3) is 0 Å². The van der Waals surface area contributed by atoms with E-state index in [2.05, 4.69) is 54.8 Å². The fraction of sp³-hybridized carbons (Fsp3) is 0.667. The zero-order valence-corrected chi connectivity index (χ0v) is 17.8. The molecule has 0 spiro atoms. The van der Waals surface area contributed by atoms with E-state index in [1.807, 2.05) is 0 Å². The van der Waals surface area contributed by atoms with E-state index in [1.54, 1.807) is 11.3 Å². The first-order valence-electron chi connectivity index (χ1n) is 7.75. The van der Waals surface area contributed by atoms with E-state index in [-0.39, 0.29) is 24.0 Å². The molecule has 0 aliphatic carbocycles. The minimum atomic E-state index is 0. The molecule has 4 nitrogen and oxygen atoms in total. The summed E-state index contributed by atoms with van der Waals surface area (Å²) in [6.07, 6.45) is 4.09. The molecule has 0 saturated carbocycles. The van der Waals surface area contributed by atoms with Gasteiger partial charge in [-0.15, -0.1) is 35.3 Å². The van der Waals surface area contributed by atoms with Crippen LogP contribution in [-0.4, -0.2) is 43.6 Å². The van der Waals surface area contributed by atoms with Crippen LogP contribution >= 0.6 is 51.2 Å². The molecule has 1 aliphatic rings. The van der Waals surface area contributed by atoms with Crippen molar-refractivity contribution in [1.82, 2.24) is 15.5 Å². The van der Waals surface area contributed by atoms with Crippen LogP contribution in [0.1, 0.15) is 31.1 Å². The summed E-state index contributed by atoms with van der Waals surface area (Å²) in [7, 11) is 0. The van der Waals surface area contributed by atoms with Crippen LogP contribution in [0, 0.1) is 0 Å². The Kier molecular flexibility index (Phi) is 10.7. The van der Waals surface area contributed by atoms with Crippen LogP contribution in [0.3, 0.4) is 0 Å². The van der Waals surface area contributed by atoms with Crippen molar-refractivity contribution >= 4 is 57.2 Å². The Hall–Kier alpha value is 0.140. The molecular formula is C15H26BrIN4S. The molecule has 1 aliphatic heterocycles. The minimum absolute atomic E-state index is 0. The van der Waals surface area contributed by atoms with E-state index in [4.69, 9.17) is 0 Å². The van der Waals surface area contributed by atoms with Crippen LogP contribution in [0.2, 0.25) is 0 Å². The van der Waals surface area contributed by atoms with Gasteiger partial charge in [0.2, 0.25) is 0 Å². The van der Waals surface area contributed by atoms with Gasteiger partial charge < -0.3 is 15.5 Å². The summed E-state index contributed by atoms with van der Waals surface area (Å²) in [6, 6.07) is 2.13. The molecule has 1 fully saturated rings. The van der Waals surface area contributed by atoms with Gasteiger partial charge in [-0.1, -0.05) is 6.42 Å². The highest BCUT2D eigenvalue weighted by Crippen LogP contribution is 2.20. The van der Waals surface area contributed by atoms with Crippen LogP contribution in [0.4, 0.5) is 0 Å². The average molecular weight is 501 g/mol. The van der Waals surface area contributed by atoms with Gasteiger partial charge in [-0.3, -0.25) is 0 Å². The number of piperidine rings is 1. The summed E-state index contributed by atoms with van der Waals surface area (Å²) >= 11 is 5.22. The number of aliphatic imine (C=N–C) groups is 1. The molecule has 2 rings (SSSR count). The van der Waals surface area contributed by atoms with Crippen molar-refractivity contribution in [1.29, 1.82) is 0 Å². The van der Waals surface area contributed by atoms with Gasteiger partial charge in [0.1, 0.15) is 0 Å². The minimum Gasteiger partial charge on any atom is -0.357 e. The lowest BCUT2D eigenvalue weighted by Crippen LogP contribution is -2.42. The number of hydrogen-bond acceptors (Lipinski definition) is 3. The highest BCUT2D eigenvalue weighted by atomic mass is 127. The van der Waals surface area contributed by atoms with Gasteiger partial charge in [0.05, 0.1) is 6.54 Å². The number of likely N-dealkylation sites (tertiary alicyclic amines) is 1. The molecule has 2 heterocycles. The first-order chi connectivity index (χ1) is 10.3. The monoisotopic (exact) mass is 500 g/mol. The number of nitrogens with one attached hydrogen (secondary N) is 2. The molecule has 0 atom stereocenters. The standard InChI is InChI=1S/C15H25BrN4S.HI/c1-2-17-15(19-11-14-10-13(16)12-21-14)18-6-9-20-7-4-3-5-8-20;/h10,12H,2-9,11H2,1H3,(H2,17,18,19);1H. The fourth-order valence-electron chi connectivity index (χ4n) is 2.45. The molecule has 22 heavy (non-hydrogen) atoms. The molecule has 2 N–H and O–H groups in total. The maximum atomic E-state index is 4.65. The number of rotatable bonds is 6. The lowest BCUT2D eigenvalue weighted by Gasteiger charge is -2.26. The van der Waals surface area contributed by atoms with E-state index >= 15 is 0 Å². The predicted octanol–water partition coefficient (Wildman–Crippen LogP) is 3.67. The number of hydrogen-bond donors (Lipinski definition) is 2. The summed E-state index contributed by atoms with van der Waals surface area (Å²) < 4.78 is 1.14. The second-order valence-corrected chi connectivity index (χ2v) is 7.17. The van der Waals surface area contributed by atoms with Crippen molar-refractivity contribution in [2.24, 2.45) is 4.99 Å². The molecule has 1 saturated heterocycles. The van der Waals surface area contributed by atoms with Gasteiger partial charge >= 0.3 is 0 Å². The highest BCUT2D eigenvalue weighted by Gasteiger charge is 2.09. The van der Waals surface area contributed by atoms with Gasteiger partial charge in [-0.05, 0) is 54.9 Å². The SMILES string of the molecule is CCNC(=NCc1cc(Br)cs1)NCCN1CCCCC1.I. The van der Waals surface area contributed by atoms with Crippen molar-refractivity contribution in [3.63, 3.8) is 0 Å². The van der Waals surface area contributed by atoms with Crippen LogP contribution in [-0.2, 0) is 6.54 Å². The molecule has 126 valence electrons. The second-order valence-electron chi connectivity index (χ2n) is 5.26. The maximum absolute atomic E-state index is 4.65. The van der Waals surface area contributed by atoms with E-state index in [1.165, 1.54) is 37.2 Å². The van der Waals surface area contributed by atoms with Gasteiger partial charge in [-0.2, -0.15) is 0 Å². The second kappa shape index (κ2) is 11.6. The van der Waals surface area contributed by atoms with Crippen molar-refractivity contribution in [3.8, 4) is 0 Å². The summed E-state index contributed by atoms with van der Waals surface area (Å²) in [5.74, 6) is 0.916. The van der Waals surface area contributed by atoms with Crippen molar-refractivity contribution in [2.45, 2.75) is 32.7 Å². The number of thiophene rings is 1. The third kappa shape index (κ3) is 7.61. The van der Waals surface area contributed by atoms with Crippen LogP contribution in [0.15, 0.2) is 20.9 Å². The summed E-state index contributed by atoms with van der Waals surface area (Å²) in [6.45, 7) is 8.29. The Morgan fingerprint density at radius 3 is 2.73 bits per heavy atom. The highest BCUT2D eigenvalue weighted by molar-refractivity contribution is 14.0. The smallest absolute Gasteiger partial charge is 0.191 e. The topological polar surface area (TPSA) is 39.7 Å². The molecule has 1 aromatic heterocycles. The molecule has 0 bridgehead atoms. The first kappa shape index (κ1) is 20.2. The quantitative estimate of drug-likeness (QED) is 0.355. The maximum Gasteiger partial charge on any atom is 0.191 e. The molecule has 7 heteroatoms. The van der Waals surface area contributed by atoms with Gasteiger partial charge in [-0.25, -0.2) is 4.99 Å². The lowest BCUT2D eigenvalue weighted by molar-refractivity contribution is 0.232. The van der Waals surface area contributed by atoms with E-state index in [9.17, 15) is 0 Å². The Balaban J connectivity index is 0.00000242. The Bertz CT molecular complexity index is 447. The summed E-state index contributed by atoms with van der Waals surface area (Å²) in [5, 5.41) is 8.84. The summed E-state index contributed by atoms with van der Waals surface area (Å²) in [5.41, 5.74) is 0. The van der Waals surface area contributed by atoms with Gasteiger partial charge in [0, 0.05) is 34.4 Å². The third-order valence-corrected chi connectivity index (χ3v) is 5.21. The third-order valence-electron chi connectivity index (χ3n) is 3.53. The fourth-order valence-corrected chi connectivity index (χ4v) is 3.83. The summed E-state index contributed by atoms with van der Waals surface area (Å²) in [4.78, 5) is 8.46. The first-order valence-corrected chi connectivity index (χ1v) is 9.42. The number of halogens is 2. The molecular weight excluding hydrogens is 475 g/mol. The Morgan fingerprint density at radius 1 is 1.32 bits per heavy atom. The van der Waals surface area contributed by atoms with Crippen molar-refractivity contribution in [3.05, 3.63) is 20.8 Å². The van der Waals surface area contributed by atoms with Crippen LogP contribution in [0.25, 0.3) is 0 Å². The van der Waals surface area contributed by atoms with E-state index < -0.39 is 0 Å². The van der Waals surface area contributed by atoms with Crippen LogP contribution in [0.5, 0.6) is 0 Å². The Morgan fingerprint density at radius 2 is 2.09 bits per heavy atom.